The average Bonchev–Trinajstić information content (AvgIpc) is 2.14. The average molecular weight is 206 g/mol. The van der Waals surface area contributed by atoms with Gasteiger partial charge in [-0.1, -0.05) is 6.08 Å². The molecule has 78 valence electrons. The largest absolute Gasteiger partial charge is 0.377 e. The van der Waals surface area contributed by atoms with Gasteiger partial charge in [0.1, 0.15) is 0 Å². The van der Waals surface area contributed by atoms with E-state index in [1.54, 1.807) is 6.08 Å². The molecule has 0 bridgehead atoms. The first-order chi connectivity index (χ1) is 5.93. The number of piperidine rings is 1. The summed E-state index contributed by atoms with van der Waals surface area (Å²) in [7, 11) is 0. The molecule has 1 unspecified atom stereocenters. The fourth-order valence-electron chi connectivity index (χ4n) is 1.59. The van der Waals surface area contributed by atoms with Gasteiger partial charge in [0.25, 0.3) is 0 Å². The molecular weight excluding hydrogens is 186 g/mol. The minimum Gasteiger partial charge on any atom is -0.377 e. The molecule has 0 saturated carbocycles. The Kier molecular flexibility index (Phi) is 8.51. The Morgan fingerprint density at radius 3 is 3.00 bits per heavy atom. The van der Waals surface area contributed by atoms with Crippen molar-refractivity contribution in [3.63, 3.8) is 0 Å². The van der Waals surface area contributed by atoms with E-state index in [2.05, 4.69) is 11.9 Å². The van der Waals surface area contributed by atoms with Crippen molar-refractivity contribution in [1.29, 1.82) is 0 Å². The fourth-order valence-corrected chi connectivity index (χ4v) is 1.59. The molecule has 13 heavy (non-hydrogen) atoms. The Bertz CT molecular complexity index is 124. The van der Waals surface area contributed by atoms with E-state index in [1.165, 1.54) is 32.4 Å². The highest BCUT2D eigenvalue weighted by atomic mass is 35.5. The van der Waals surface area contributed by atoms with Crippen molar-refractivity contribution >= 4 is 12.4 Å². The van der Waals surface area contributed by atoms with Crippen LogP contribution in [0.1, 0.15) is 19.3 Å². The predicted octanol–water partition coefficient (Wildman–Crippen LogP) is 2.00. The third-order valence-corrected chi connectivity index (χ3v) is 2.31. The van der Waals surface area contributed by atoms with Crippen molar-refractivity contribution in [3.8, 4) is 0 Å². The summed E-state index contributed by atoms with van der Waals surface area (Å²) in [6, 6.07) is 0. The van der Waals surface area contributed by atoms with Gasteiger partial charge in [-0.3, -0.25) is 0 Å². The summed E-state index contributed by atoms with van der Waals surface area (Å²) >= 11 is 0. The zero-order chi connectivity index (χ0) is 8.65. The first-order valence-corrected chi connectivity index (χ1v) is 4.83. The van der Waals surface area contributed by atoms with Crippen LogP contribution in [0.2, 0.25) is 0 Å². The van der Waals surface area contributed by atoms with Crippen molar-refractivity contribution in [3.05, 3.63) is 12.7 Å². The Morgan fingerprint density at radius 1 is 1.54 bits per heavy atom. The van der Waals surface area contributed by atoms with Gasteiger partial charge in [0.05, 0.1) is 6.61 Å². The molecule has 0 radical (unpaired) electrons. The van der Waals surface area contributed by atoms with Crippen molar-refractivity contribution in [1.82, 2.24) is 5.32 Å². The van der Waals surface area contributed by atoms with Gasteiger partial charge in [-0.2, -0.15) is 0 Å². The summed E-state index contributed by atoms with van der Waals surface area (Å²) in [5, 5.41) is 3.40. The number of ether oxygens (including phenoxy) is 1. The van der Waals surface area contributed by atoms with Crippen LogP contribution in [0.5, 0.6) is 0 Å². The maximum atomic E-state index is 5.34. The molecule has 1 saturated heterocycles. The lowest BCUT2D eigenvalue weighted by atomic mass is 9.97. The SMILES string of the molecule is C=CCOCCC1CCCNC1.Cl. The minimum absolute atomic E-state index is 0. The Labute approximate surface area is 87.1 Å². The smallest absolute Gasteiger partial charge is 0.0644 e. The van der Waals surface area contributed by atoms with Gasteiger partial charge >= 0.3 is 0 Å². The fraction of sp³-hybridized carbons (Fsp3) is 0.800. The normalized spacial score (nSPS) is 22.0. The van der Waals surface area contributed by atoms with Crippen molar-refractivity contribution in [2.75, 3.05) is 26.3 Å². The standard InChI is InChI=1S/C10H19NO.ClH/c1-2-7-12-8-5-10-4-3-6-11-9-10;/h2,10-11H,1,3-9H2;1H. The monoisotopic (exact) mass is 205 g/mol. The first kappa shape index (κ1) is 12.9. The maximum absolute atomic E-state index is 5.34. The molecule has 1 fully saturated rings. The van der Waals surface area contributed by atoms with E-state index in [9.17, 15) is 0 Å². The van der Waals surface area contributed by atoms with Gasteiger partial charge in [-0.15, -0.1) is 19.0 Å². The Morgan fingerprint density at radius 2 is 2.38 bits per heavy atom. The third-order valence-electron chi connectivity index (χ3n) is 2.31. The van der Waals surface area contributed by atoms with Gasteiger partial charge in [0.15, 0.2) is 0 Å². The molecule has 0 spiro atoms. The highest BCUT2D eigenvalue weighted by molar-refractivity contribution is 5.85. The molecule has 1 aliphatic rings. The minimum atomic E-state index is 0. The molecule has 0 aromatic carbocycles. The van der Waals surface area contributed by atoms with Crippen molar-refractivity contribution in [2.24, 2.45) is 5.92 Å². The van der Waals surface area contributed by atoms with Crippen LogP contribution < -0.4 is 5.32 Å². The van der Waals surface area contributed by atoms with Crippen molar-refractivity contribution in [2.45, 2.75) is 19.3 Å². The zero-order valence-corrected chi connectivity index (χ0v) is 8.94. The van der Waals surface area contributed by atoms with Crippen LogP contribution in [0.3, 0.4) is 0 Å². The molecule has 1 rings (SSSR count). The van der Waals surface area contributed by atoms with Crippen LogP contribution in [-0.4, -0.2) is 26.3 Å². The van der Waals surface area contributed by atoms with Gasteiger partial charge in [0, 0.05) is 6.61 Å². The van der Waals surface area contributed by atoms with Crippen LogP contribution in [0.4, 0.5) is 0 Å². The lowest BCUT2D eigenvalue weighted by molar-refractivity contribution is 0.140. The number of hydrogen-bond donors (Lipinski definition) is 1. The second-order valence-electron chi connectivity index (χ2n) is 3.36. The molecular formula is C10H20ClNO. The summed E-state index contributed by atoms with van der Waals surface area (Å²) < 4.78 is 5.34. The van der Waals surface area contributed by atoms with Gasteiger partial charge in [-0.05, 0) is 38.3 Å². The molecule has 1 N–H and O–H groups in total. The predicted molar refractivity (Wildman–Crippen MR) is 58.5 cm³/mol. The lowest BCUT2D eigenvalue weighted by Gasteiger charge is -2.22. The second-order valence-corrected chi connectivity index (χ2v) is 3.36. The first-order valence-electron chi connectivity index (χ1n) is 4.83. The lowest BCUT2D eigenvalue weighted by Crippen LogP contribution is -2.30. The Balaban J connectivity index is 0.00000144. The van der Waals surface area contributed by atoms with E-state index in [1.807, 2.05) is 0 Å². The van der Waals surface area contributed by atoms with Crippen LogP contribution in [-0.2, 0) is 4.74 Å². The zero-order valence-electron chi connectivity index (χ0n) is 8.13. The van der Waals surface area contributed by atoms with Gasteiger partial charge in [-0.25, -0.2) is 0 Å². The molecule has 2 nitrogen and oxygen atoms in total. The molecule has 0 aromatic heterocycles. The summed E-state index contributed by atoms with van der Waals surface area (Å²) in [4.78, 5) is 0. The molecule has 1 aliphatic heterocycles. The number of hydrogen-bond acceptors (Lipinski definition) is 2. The molecule has 3 heteroatoms. The number of halogens is 1. The number of nitrogens with one attached hydrogen (secondary N) is 1. The summed E-state index contributed by atoms with van der Waals surface area (Å²) in [5.41, 5.74) is 0. The highest BCUT2D eigenvalue weighted by Gasteiger charge is 2.11. The van der Waals surface area contributed by atoms with Crippen LogP contribution in [0.25, 0.3) is 0 Å². The topological polar surface area (TPSA) is 21.3 Å². The summed E-state index contributed by atoms with van der Waals surface area (Å²) in [6.07, 6.45) is 5.69. The quantitative estimate of drug-likeness (QED) is 0.548. The molecule has 0 aromatic rings. The second kappa shape index (κ2) is 8.54. The van der Waals surface area contributed by atoms with E-state index in [0.717, 1.165) is 12.5 Å². The van der Waals surface area contributed by atoms with E-state index in [4.69, 9.17) is 4.74 Å². The Hall–Kier alpha value is -0.0500. The van der Waals surface area contributed by atoms with E-state index in [0.29, 0.717) is 6.61 Å². The maximum Gasteiger partial charge on any atom is 0.0644 e. The van der Waals surface area contributed by atoms with E-state index < -0.39 is 0 Å². The van der Waals surface area contributed by atoms with E-state index in [-0.39, 0.29) is 12.4 Å². The van der Waals surface area contributed by atoms with Crippen molar-refractivity contribution < 1.29 is 4.74 Å². The molecule has 0 aliphatic carbocycles. The highest BCUT2D eigenvalue weighted by Crippen LogP contribution is 2.13. The summed E-state index contributed by atoms with van der Waals surface area (Å²) in [5.74, 6) is 0.837. The van der Waals surface area contributed by atoms with Gasteiger partial charge < -0.3 is 10.1 Å². The third kappa shape index (κ3) is 6.08. The summed E-state index contributed by atoms with van der Waals surface area (Å²) in [6.45, 7) is 7.57. The molecule has 0 amide bonds. The van der Waals surface area contributed by atoms with Crippen LogP contribution in [0, 0.1) is 5.92 Å². The van der Waals surface area contributed by atoms with Crippen LogP contribution >= 0.6 is 12.4 Å². The molecule has 1 atom stereocenters. The molecule has 1 heterocycles. The van der Waals surface area contributed by atoms with Gasteiger partial charge in [0.2, 0.25) is 0 Å². The number of rotatable bonds is 5. The van der Waals surface area contributed by atoms with E-state index >= 15 is 0 Å². The van der Waals surface area contributed by atoms with Crippen LogP contribution in [0.15, 0.2) is 12.7 Å².